The molecular formula is C16H20N4O. The van der Waals surface area contributed by atoms with Gasteiger partial charge in [-0.15, -0.1) is 0 Å². The quantitative estimate of drug-likeness (QED) is 0.939. The van der Waals surface area contributed by atoms with Gasteiger partial charge in [0.1, 0.15) is 23.7 Å². The van der Waals surface area contributed by atoms with Gasteiger partial charge in [0.05, 0.1) is 12.3 Å². The third-order valence-corrected chi connectivity index (χ3v) is 3.71. The zero-order valence-electron chi connectivity index (χ0n) is 12.5. The Hall–Kier alpha value is -2.30. The maximum absolute atomic E-state index is 5.83. The van der Waals surface area contributed by atoms with Crippen LogP contribution in [-0.2, 0) is 6.42 Å². The monoisotopic (exact) mass is 284 g/mol. The van der Waals surface area contributed by atoms with Gasteiger partial charge in [-0.1, -0.05) is 19.1 Å². The fourth-order valence-electron chi connectivity index (χ4n) is 2.72. The first-order valence-electron chi connectivity index (χ1n) is 7.36. The van der Waals surface area contributed by atoms with Gasteiger partial charge in [0.25, 0.3) is 0 Å². The van der Waals surface area contributed by atoms with Crippen LogP contribution < -0.4 is 15.0 Å². The lowest BCUT2D eigenvalue weighted by molar-refractivity contribution is 0.322. The minimum Gasteiger partial charge on any atom is -0.491 e. The van der Waals surface area contributed by atoms with Gasteiger partial charge in [0.2, 0.25) is 0 Å². The van der Waals surface area contributed by atoms with E-state index in [1.807, 2.05) is 25.2 Å². The highest BCUT2D eigenvalue weighted by molar-refractivity contribution is 5.72. The lowest BCUT2D eigenvalue weighted by Gasteiger charge is -2.25. The van der Waals surface area contributed by atoms with E-state index in [1.54, 1.807) is 6.33 Å². The molecule has 0 amide bonds. The molecule has 0 radical (unpaired) electrons. The van der Waals surface area contributed by atoms with E-state index in [4.69, 9.17) is 4.74 Å². The van der Waals surface area contributed by atoms with Gasteiger partial charge in [0, 0.05) is 19.2 Å². The number of nitrogens with one attached hydrogen (secondary N) is 1. The van der Waals surface area contributed by atoms with E-state index in [1.165, 1.54) is 0 Å². The number of rotatable bonds is 3. The summed E-state index contributed by atoms with van der Waals surface area (Å²) in [6, 6.07) is 8.13. The normalized spacial score (nSPS) is 14.1. The Labute approximate surface area is 125 Å². The van der Waals surface area contributed by atoms with Gasteiger partial charge in [-0.05, 0) is 25.0 Å². The Balaban J connectivity index is 2.12. The Morgan fingerprint density at radius 1 is 1.29 bits per heavy atom. The van der Waals surface area contributed by atoms with Crippen molar-refractivity contribution in [2.24, 2.45) is 0 Å². The van der Waals surface area contributed by atoms with E-state index >= 15 is 0 Å². The van der Waals surface area contributed by atoms with Crippen molar-refractivity contribution in [1.82, 2.24) is 9.97 Å². The SMILES string of the molecule is CCc1c(NC)ncnc1N1CCCOc2ccccc21. The van der Waals surface area contributed by atoms with Crippen molar-refractivity contribution < 1.29 is 4.74 Å². The van der Waals surface area contributed by atoms with Gasteiger partial charge < -0.3 is 15.0 Å². The summed E-state index contributed by atoms with van der Waals surface area (Å²) in [6.07, 6.45) is 3.47. The minimum absolute atomic E-state index is 0.735. The van der Waals surface area contributed by atoms with Gasteiger partial charge in [-0.3, -0.25) is 0 Å². The van der Waals surface area contributed by atoms with E-state index < -0.39 is 0 Å². The average molecular weight is 284 g/mol. The number of nitrogens with zero attached hydrogens (tertiary/aromatic N) is 3. The third-order valence-electron chi connectivity index (χ3n) is 3.71. The van der Waals surface area contributed by atoms with Gasteiger partial charge in [-0.25, -0.2) is 9.97 Å². The standard InChI is InChI=1S/C16H20N4O/c1-3-12-15(17-2)18-11-19-16(12)20-9-6-10-21-14-8-5-4-7-13(14)20/h4-5,7-8,11H,3,6,9-10H2,1-2H3,(H,17,18,19). The van der Waals surface area contributed by atoms with E-state index in [2.05, 4.69) is 33.2 Å². The summed E-state index contributed by atoms with van der Waals surface area (Å²) < 4.78 is 5.83. The number of benzene rings is 1. The molecule has 110 valence electrons. The molecule has 0 saturated heterocycles. The maximum atomic E-state index is 5.83. The highest BCUT2D eigenvalue weighted by Gasteiger charge is 2.22. The second-order valence-corrected chi connectivity index (χ2v) is 4.95. The first-order valence-corrected chi connectivity index (χ1v) is 7.36. The molecule has 0 saturated carbocycles. The summed E-state index contributed by atoms with van der Waals surface area (Å²) in [5.41, 5.74) is 2.21. The molecule has 0 aliphatic carbocycles. The highest BCUT2D eigenvalue weighted by atomic mass is 16.5. The summed E-state index contributed by atoms with van der Waals surface area (Å²) in [7, 11) is 1.89. The van der Waals surface area contributed by atoms with Crippen LogP contribution in [0.3, 0.4) is 0 Å². The van der Waals surface area contributed by atoms with Crippen molar-refractivity contribution in [3.8, 4) is 5.75 Å². The molecule has 0 unspecified atom stereocenters. The van der Waals surface area contributed by atoms with Gasteiger partial charge in [-0.2, -0.15) is 0 Å². The molecule has 1 N–H and O–H groups in total. The summed E-state index contributed by atoms with van der Waals surface area (Å²) >= 11 is 0. The summed E-state index contributed by atoms with van der Waals surface area (Å²) in [5, 5.41) is 3.16. The smallest absolute Gasteiger partial charge is 0.142 e. The molecule has 2 aromatic rings. The van der Waals surface area contributed by atoms with Crippen LogP contribution in [0.15, 0.2) is 30.6 Å². The lowest BCUT2D eigenvalue weighted by Crippen LogP contribution is -2.21. The molecule has 3 rings (SSSR count). The minimum atomic E-state index is 0.735. The van der Waals surface area contributed by atoms with E-state index in [9.17, 15) is 0 Å². The number of fused-ring (bicyclic) bond motifs is 1. The molecule has 0 bridgehead atoms. The molecule has 2 heterocycles. The number of hydrogen-bond acceptors (Lipinski definition) is 5. The van der Waals surface area contributed by atoms with Crippen molar-refractivity contribution in [2.75, 3.05) is 30.4 Å². The van der Waals surface area contributed by atoms with E-state index in [0.29, 0.717) is 0 Å². The molecule has 21 heavy (non-hydrogen) atoms. The van der Waals surface area contributed by atoms with Crippen molar-refractivity contribution in [1.29, 1.82) is 0 Å². The molecule has 0 atom stereocenters. The summed E-state index contributed by atoms with van der Waals surface area (Å²) in [4.78, 5) is 11.1. The lowest BCUT2D eigenvalue weighted by atomic mass is 10.1. The van der Waals surface area contributed by atoms with Crippen LogP contribution in [0.25, 0.3) is 0 Å². The molecule has 0 fully saturated rings. The number of aromatic nitrogens is 2. The Morgan fingerprint density at radius 2 is 2.14 bits per heavy atom. The largest absolute Gasteiger partial charge is 0.491 e. The topological polar surface area (TPSA) is 50.3 Å². The Morgan fingerprint density at radius 3 is 2.95 bits per heavy atom. The fraction of sp³-hybridized carbons (Fsp3) is 0.375. The van der Waals surface area contributed by atoms with Crippen molar-refractivity contribution in [2.45, 2.75) is 19.8 Å². The van der Waals surface area contributed by atoms with E-state index in [0.717, 1.165) is 54.6 Å². The van der Waals surface area contributed by atoms with Crippen molar-refractivity contribution in [3.63, 3.8) is 0 Å². The molecule has 1 aliphatic heterocycles. The van der Waals surface area contributed by atoms with Gasteiger partial charge >= 0.3 is 0 Å². The van der Waals surface area contributed by atoms with Crippen molar-refractivity contribution in [3.05, 3.63) is 36.2 Å². The van der Waals surface area contributed by atoms with Crippen LogP contribution in [0.5, 0.6) is 5.75 Å². The second-order valence-electron chi connectivity index (χ2n) is 4.95. The van der Waals surface area contributed by atoms with Crippen LogP contribution in [0.1, 0.15) is 18.9 Å². The second kappa shape index (κ2) is 5.99. The van der Waals surface area contributed by atoms with Crippen LogP contribution in [0.4, 0.5) is 17.3 Å². The molecule has 1 aromatic heterocycles. The van der Waals surface area contributed by atoms with Crippen LogP contribution in [-0.4, -0.2) is 30.2 Å². The molecule has 5 nitrogen and oxygen atoms in total. The summed E-state index contributed by atoms with van der Waals surface area (Å²) in [5.74, 6) is 2.78. The molecule has 1 aromatic carbocycles. The van der Waals surface area contributed by atoms with E-state index in [-0.39, 0.29) is 0 Å². The fourth-order valence-corrected chi connectivity index (χ4v) is 2.72. The summed E-state index contributed by atoms with van der Waals surface area (Å²) in [6.45, 7) is 3.76. The molecule has 1 aliphatic rings. The molecular weight excluding hydrogens is 264 g/mol. The number of para-hydroxylation sites is 2. The Bertz CT molecular complexity index is 629. The number of anilines is 3. The van der Waals surface area contributed by atoms with Crippen LogP contribution in [0.2, 0.25) is 0 Å². The first kappa shape index (κ1) is 13.7. The number of ether oxygens (including phenoxy) is 1. The molecule has 5 heteroatoms. The van der Waals surface area contributed by atoms with Crippen LogP contribution >= 0.6 is 0 Å². The first-order chi connectivity index (χ1) is 10.3. The van der Waals surface area contributed by atoms with Crippen LogP contribution in [0, 0.1) is 0 Å². The number of hydrogen-bond donors (Lipinski definition) is 1. The molecule has 0 spiro atoms. The highest BCUT2D eigenvalue weighted by Crippen LogP contribution is 2.37. The maximum Gasteiger partial charge on any atom is 0.142 e. The zero-order valence-corrected chi connectivity index (χ0v) is 12.5. The predicted molar refractivity (Wildman–Crippen MR) is 84.5 cm³/mol. The van der Waals surface area contributed by atoms with Gasteiger partial charge in [0.15, 0.2) is 0 Å². The van der Waals surface area contributed by atoms with Crippen molar-refractivity contribution >= 4 is 17.3 Å². The average Bonchev–Trinajstić information content (AvgIpc) is 2.76. The zero-order chi connectivity index (χ0) is 14.7. The third kappa shape index (κ3) is 2.51. The predicted octanol–water partition coefficient (Wildman–Crippen LogP) is 3.00. The Kier molecular flexibility index (Phi) is 3.90.